The molecule has 0 aromatic heterocycles. The van der Waals surface area contributed by atoms with Crippen LogP contribution in [0.2, 0.25) is 0 Å². The minimum atomic E-state index is -1.26. The van der Waals surface area contributed by atoms with Crippen LogP contribution in [0.4, 0.5) is 0 Å². The number of allylic oxidation sites excluding steroid dienone is 5. The van der Waals surface area contributed by atoms with Crippen molar-refractivity contribution in [1.29, 1.82) is 0 Å². The van der Waals surface area contributed by atoms with E-state index < -0.39 is 11.9 Å². The van der Waals surface area contributed by atoms with Gasteiger partial charge in [-0.3, -0.25) is 0 Å². The summed E-state index contributed by atoms with van der Waals surface area (Å²) in [5.74, 6) is -0.910. The normalized spacial score (nSPS) is 22.9. The Morgan fingerprint density at radius 2 is 1.86 bits per heavy atom. The third-order valence-electron chi connectivity index (χ3n) is 5.48. The molecule has 5 nitrogen and oxygen atoms in total. The molecule has 152 valence electrons. The van der Waals surface area contributed by atoms with Crippen molar-refractivity contribution < 1.29 is 19.8 Å². The van der Waals surface area contributed by atoms with Gasteiger partial charge in [0.15, 0.2) is 0 Å². The SMILES string of the molecule is CNCCC=C1C=C2Cc3ccccc3C3CC3C2=CC1.O=C(O)/C=C\C(=O)O. The lowest BCUT2D eigenvalue weighted by Gasteiger charge is -2.17. The quantitative estimate of drug-likeness (QED) is 0.522. The van der Waals surface area contributed by atoms with Gasteiger partial charge in [-0.05, 0) is 79.0 Å². The maximum atomic E-state index is 9.55. The van der Waals surface area contributed by atoms with E-state index in [9.17, 15) is 9.59 Å². The van der Waals surface area contributed by atoms with Crippen LogP contribution < -0.4 is 5.32 Å². The highest BCUT2D eigenvalue weighted by atomic mass is 16.4. The van der Waals surface area contributed by atoms with Gasteiger partial charge < -0.3 is 15.5 Å². The first kappa shape index (κ1) is 20.8. The number of carboxylic acid groups (broad SMARTS) is 2. The van der Waals surface area contributed by atoms with Crippen molar-refractivity contribution in [3.8, 4) is 0 Å². The van der Waals surface area contributed by atoms with E-state index in [1.54, 1.807) is 22.3 Å². The molecule has 0 heterocycles. The molecule has 5 heteroatoms. The number of rotatable bonds is 5. The fraction of sp³-hybridized carbons (Fsp3) is 0.333. The minimum absolute atomic E-state index is 0.558. The van der Waals surface area contributed by atoms with Gasteiger partial charge in [0.2, 0.25) is 0 Å². The van der Waals surface area contributed by atoms with Gasteiger partial charge in [-0.25, -0.2) is 9.59 Å². The highest BCUT2D eigenvalue weighted by Gasteiger charge is 2.45. The molecule has 3 N–H and O–H groups in total. The van der Waals surface area contributed by atoms with E-state index in [1.807, 2.05) is 7.05 Å². The summed E-state index contributed by atoms with van der Waals surface area (Å²) in [7, 11) is 2.02. The summed E-state index contributed by atoms with van der Waals surface area (Å²) in [6.07, 6.45) is 13.2. The second kappa shape index (κ2) is 9.52. The van der Waals surface area contributed by atoms with Gasteiger partial charge in [-0.2, -0.15) is 0 Å². The molecule has 0 spiro atoms. The molecular formula is C24H27NO4. The van der Waals surface area contributed by atoms with Crippen LogP contribution in [0, 0.1) is 5.92 Å². The summed E-state index contributed by atoms with van der Waals surface area (Å²) in [6.45, 7) is 1.07. The largest absolute Gasteiger partial charge is 0.478 e. The average Bonchev–Trinajstić information content (AvgIpc) is 3.48. The predicted molar refractivity (Wildman–Crippen MR) is 113 cm³/mol. The van der Waals surface area contributed by atoms with Gasteiger partial charge >= 0.3 is 11.9 Å². The summed E-state index contributed by atoms with van der Waals surface area (Å²) in [5.41, 5.74) is 7.90. The smallest absolute Gasteiger partial charge is 0.328 e. The number of benzene rings is 1. The van der Waals surface area contributed by atoms with Crippen LogP contribution in [0.5, 0.6) is 0 Å². The number of aliphatic carboxylic acids is 2. The Morgan fingerprint density at radius 1 is 1.14 bits per heavy atom. The van der Waals surface area contributed by atoms with Gasteiger partial charge in [0.05, 0.1) is 0 Å². The number of hydrogen-bond donors (Lipinski definition) is 3. The predicted octanol–water partition coefficient (Wildman–Crippen LogP) is 3.85. The van der Waals surface area contributed by atoms with Crippen molar-refractivity contribution in [3.63, 3.8) is 0 Å². The van der Waals surface area contributed by atoms with Crippen molar-refractivity contribution in [2.45, 2.75) is 31.6 Å². The first-order valence-corrected chi connectivity index (χ1v) is 9.96. The number of fused-ring (bicyclic) bond motifs is 5. The fourth-order valence-electron chi connectivity index (χ4n) is 4.10. The van der Waals surface area contributed by atoms with Crippen molar-refractivity contribution in [2.75, 3.05) is 13.6 Å². The Hall–Kier alpha value is -2.92. The molecule has 1 aromatic carbocycles. The van der Waals surface area contributed by atoms with Crippen molar-refractivity contribution in [1.82, 2.24) is 5.32 Å². The van der Waals surface area contributed by atoms with Gasteiger partial charge in [-0.1, -0.05) is 42.5 Å². The molecule has 1 saturated carbocycles. The average molecular weight is 393 g/mol. The van der Waals surface area contributed by atoms with E-state index >= 15 is 0 Å². The molecule has 0 aliphatic heterocycles. The van der Waals surface area contributed by atoms with E-state index in [2.05, 4.69) is 47.8 Å². The molecule has 2 unspecified atom stereocenters. The topological polar surface area (TPSA) is 86.6 Å². The van der Waals surface area contributed by atoms with Gasteiger partial charge in [0.25, 0.3) is 0 Å². The Labute approximate surface area is 171 Å². The van der Waals surface area contributed by atoms with Crippen molar-refractivity contribution in [2.24, 2.45) is 5.92 Å². The van der Waals surface area contributed by atoms with E-state index in [-0.39, 0.29) is 0 Å². The van der Waals surface area contributed by atoms with E-state index in [0.29, 0.717) is 12.2 Å². The Balaban J connectivity index is 0.000000258. The van der Waals surface area contributed by atoms with Crippen LogP contribution in [-0.4, -0.2) is 35.7 Å². The molecule has 2 atom stereocenters. The van der Waals surface area contributed by atoms with Gasteiger partial charge in [0.1, 0.15) is 0 Å². The summed E-state index contributed by atoms with van der Waals surface area (Å²) >= 11 is 0. The van der Waals surface area contributed by atoms with Crippen LogP contribution in [0.25, 0.3) is 0 Å². The van der Waals surface area contributed by atoms with Crippen LogP contribution in [-0.2, 0) is 16.0 Å². The lowest BCUT2D eigenvalue weighted by Crippen LogP contribution is -2.06. The van der Waals surface area contributed by atoms with Gasteiger partial charge in [-0.15, -0.1) is 0 Å². The Bertz CT molecular complexity index is 891. The maximum Gasteiger partial charge on any atom is 0.328 e. The standard InChI is InChI=1S/C20H23N.C4H4O4/c1-21-10-4-5-14-8-9-18-16(11-14)12-15-6-2-3-7-17(15)19-13-20(18)19;5-3(6)1-2-4(7)8/h2-3,5-7,9,11,19-21H,4,8,10,12-13H2,1H3;1-2H,(H,5,6)(H,7,8)/b;2-1-. The monoisotopic (exact) mass is 393 g/mol. The molecule has 1 fully saturated rings. The molecule has 3 aliphatic carbocycles. The molecule has 29 heavy (non-hydrogen) atoms. The molecular weight excluding hydrogens is 366 g/mol. The molecule has 0 radical (unpaired) electrons. The first-order valence-electron chi connectivity index (χ1n) is 9.96. The zero-order valence-electron chi connectivity index (χ0n) is 16.6. The molecule has 0 bridgehead atoms. The number of nitrogens with one attached hydrogen (secondary N) is 1. The second-order valence-electron chi connectivity index (χ2n) is 7.54. The highest BCUT2D eigenvalue weighted by Crippen LogP contribution is 2.57. The van der Waals surface area contributed by atoms with Crippen molar-refractivity contribution in [3.05, 3.63) is 82.5 Å². The minimum Gasteiger partial charge on any atom is -0.478 e. The van der Waals surface area contributed by atoms with Crippen LogP contribution in [0.3, 0.4) is 0 Å². The van der Waals surface area contributed by atoms with Gasteiger partial charge in [0, 0.05) is 12.2 Å². The Kier molecular flexibility index (Phi) is 6.83. The lowest BCUT2D eigenvalue weighted by atomic mass is 9.88. The Morgan fingerprint density at radius 3 is 2.55 bits per heavy atom. The highest BCUT2D eigenvalue weighted by molar-refractivity contribution is 5.89. The molecule has 0 amide bonds. The maximum absolute atomic E-state index is 9.55. The zero-order valence-corrected chi connectivity index (χ0v) is 16.6. The number of carboxylic acids is 2. The van der Waals surface area contributed by atoms with Crippen LogP contribution in [0.1, 0.15) is 36.3 Å². The summed E-state index contributed by atoms with van der Waals surface area (Å²) in [4.78, 5) is 19.1. The third kappa shape index (κ3) is 5.55. The summed E-state index contributed by atoms with van der Waals surface area (Å²) < 4.78 is 0. The molecule has 0 saturated heterocycles. The van der Waals surface area contributed by atoms with Crippen molar-refractivity contribution >= 4 is 11.9 Å². The van der Waals surface area contributed by atoms with E-state index in [4.69, 9.17) is 10.2 Å². The van der Waals surface area contributed by atoms with E-state index in [0.717, 1.165) is 37.6 Å². The van der Waals surface area contributed by atoms with Crippen LogP contribution in [0.15, 0.2) is 71.4 Å². The molecule has 3 aliphatic rings. The lowest BCUT2D eigenvalue weighted by molar-refractivity contribution is -0.134. The molecule has 1 aromatic rings. The number of hydrogen-bond acceptors (Lipinski definition) is 3. The van der Waals surface area contributed by atoms with Crippen LogP contribution >= 0.6 is 0 Å². The van der Waals surface area contributed by atoms with E-state index in [1.165, 1.54) is 12.0 Å². The molecule has 4 rings (SSSR count). The first-order chi connectivity index (χ1) is 14.0. The third-order valence-corrected chi connectivity index (χ3v) is 5.48. The summed E-state index contributed by atoms with van der Waals surface area (Å²) in [5, 5.41) is 18.8. The number of carbonyl (C=O) groups is 2. The zero-order chi connectivity index (χ0) is 20.8. The second-order valence-corrected chi connectivity index (χ2v) is 7.54. The summed E-state index contributed by atoms with van der Waals surface area (Å²) in [6, 6.07) is 9.07. The fourth-order valence-corrected chi connectivity index (χ4v) is 4.10.